The van der Waals surface area contributed by atoms with E-state index in [1.54, 1.807) is 20.8 Å². The minimum absolute atomic E-state index is 0.245. The van der Waals surface area contributed by atoms with Gasteiger partial charge in [-0.15, -0.1) is 0 Å². The second-order valence-electron chi connectivity index (χ2n) is 3.57. The number of amides is 2. The summed E-state index contributed by atoms with van der Waals surface area (Å²) in [6.45, 7) is 5.35. The Morgan fingerprint density at radius 1 is 1.17 bits per heavy atom. The fraction of sp³-hybridized carbons (Fsp3) is 0.500. The molecule has 0 saturated heterocycles. The number of hydrogen-bond donors (Lipinski definition) is 2. The third kappa shape index (κ3) is 3.18. The minimum Gasteiger partial charge on any atom is -0.366 e. The summed E-state index contributed by atoms with van der Waals surface area (Å²) < 4.78 is 0. The summed E-state index contributed by atoms with van der Waals surface area (Å²) in [5, 5.41) is 0. The van der Waals surface area contributed by atoms with E-state index in [1.807, 2.05) is 0 Å². The van der Waals surface area contributed by atoms with Gasteiger partial charge in [-0.05, 0) is 5.41 Å². The van der Waals surface area contributed by atoms with Crippen molar-refractivity contribution in [2.24, 2.45) is 16.9 Å². The van der Waals surface area contributed by atoms with Crippen molar-refractivity contribution in [1.82, 2.24) is 0 Å². The molecule has 0 heterocycles. The van der Waals surface area contributed by atoms with Crippen LogP contribution in [0.25, 0.3) is 0 Å². The first kappa shape index (κ1) is 10.7. The summed E-state index contributed by atoms with van der Waals surface area (Å²) in [4.78, 5) is 21.3. The van der Waals surface area contributed by atoms with Gasteiger partial charge < -0.3 is 11.5 Å². The van der Waals surface area contributed by atoms with Gasteiger partial charge in [-0.25, -0.2) is 0 Å². The molecule has 0 fully saturated rings. The monoisotopic (exact) mass is 170 g/mol. The number of hydrogen-bond acceptors (Lipinski definition) is 2. The Morgan fingerprint density at radius 3 is 1.67 bits per heavy atom. The van der Waals surface area contributed by atoms with Gasteiger partial charge in [-0.3, -0.25) is 9.59 Å². The molecule has 0 spiro atoms. The van der Waals surface area contributed by atoms with Crippen molar-refractivity contribution >= 4 is 11.8 Å². The number of primary amides is 2. The van der Waals surface area contributed by atoms with Crippen LogP contribution >= 0.6 is 0 Å². The second kappa shape index (κ2) is 3.38. The Morgan fingerprint density at radius 2 is 1.58 bits per heavy atom. The van der Waals surface area contributed by atoms with Gasteiger partial charge >= 0.3 is 0 Å². The van der Waals surface area contributed by atoms with Crippen molar-refractivity contribution in [3.63, 3.8) is 0 Å². The zero-order valence-electron chi connectivity index (χ0n) is 7.55. The van der Waals surface area contributed by atoms with Crippen molar-refractivity contribution < 1.29 is 9.59 Å². The van der Waals surface area contributed by atoms with Gasteiger partial charge in [0.2, 0.25) is 11.8 Å². The SMILES string of the molecule is CC(C)(C)/C(=C/C(N)=O)C(N)=O. The van der Waals surface area contributed by atoms with Crippen molar-refractivity contribution in [1.29, 1.82) is 0 Å². The highest BCUT2D eigenvalue weighted by molar-refractivity contribution is 6.00. The lowest BCUT2D eigenvalue weighted by Gasteiger charge is -2.19. The largest absolute Gasteiger partial charge is 0.366 e. The molecule has 0 rings (SSSR count). The number of carbonyl (C=O) groups excluding carboxylic acids is 2. The van der Waals surface area contributed by atoms with Gasteiger partial charge in [-0.1, -0.05) is 20.8 Å². The number of rotatable bonds is 2. The maximum atomic E-state index is 10.8. The standard InChI is InChI=1S/C8H14N2O2/c1-8(2,3)5(7(10)12)4-6(9)11/h4H,1-3H3,(H2,9,11)(H2,10,12)/b5-4+. The summed E-state index contributed by atoms with van der Waals surface area (Å²) in [7, 11) is 0. The van der Waals surface area contributed by atoms with E-state index in [0.717, 1.165) is 6.08 Å². The van der Waals surface area contributed by atoms with Crippen LogP contribution in [0.15, 0.2) is 11.6 Å². The summed E-state index contributed by atoms with van der Waals surface area (Å²) in [5.74, 6) is -1.26. The highest BCUT2D eigenvalue weighted by Crippen LogP contribution is 2.24. The molecule has 0 aromatic rings. The molecule has 0 atom stereocenters. The van der Waals surface area contributed by atoms with E-state index in [4.69, 9.17) is 11.5 Å². The van der Waals surface area contributed by atoms with E-state index in [9.17, 15) is 9.59 Å². The quantitative estimate of drug-likeness (QED) is 0.568. The molecule has 0 saturated carbocycles. The third-order valence-corrected chi connectivity index (χ3v) is 1.36. The lowest BCUT2D eigenvalue weighted by molar-refractivity contribution is -0.117. The zero-order chi connectivity index (χ0) is 9.94. The zero-order valence-corrected chi connectivity index (χ0v) is 7.55. The average Bonchev–Trinajstić information content (AvgIpc) is 1.79. The highest BCUT2D eigenvalue weighted by atomic mass is 16.1. The Kier molecular flexibility index (Phi) is 3.01. The van der Waals surface area contributed by atoms with Crippen molar-refractivity contribution in [3.8, 4) is 0 Å². The first-order valence-corrected chi connectivity index (χ1v) is 3.56. The normalized spacial score (nSPS) is 12.8. The topological polar surface area (TPSA) is 86.2 Å². The Bertz CT molecular complexity index is 236. The van der Waals surface area contributed by atoms with Gasteiger partial charge in [0.25, 0.3) is 0 Å². The van der Waals surface area contributed by atoms with Crippen molar-refractivity contribution in [2.45, 2.75) is 20.8 Å². The van der Waals surface area contributed by atoms with Crippen LogP contribution in [0.5, 0.6) is 0 Å². The Balaban J connectivity index is 4.94. The summed E-state index contributed by atoms with van der Waals surface area (Å²) in [5.41, 5.74) is 9.76. The molecule has 0 unspecified atom stereocenters. The molecule has 2 amide bonds. The molecule has 0 aromatic carbocycles. The number of nitrogens with two attached hydrogens (primary N) is 2. The maximum absolute atomic E-state index is 10.8. The first-order chi connectivity index (χ1) is 5.25. The molecule has 4 N–H and O–H groups in total. The predicted molar refractivity (Wildman–Crippen MR) is 45.9 cm³/mol. The van der Waals surface area contributed by atoms with E-state index in [0.29, 0.717) is 0 Å². The molecule has 0 aliphatic heterocycles. The fourth-order valence-electron chi connectivity index (χ4n) is 0.799. The van der Waals surface area contributed by atoms with Gasteiger partial charge in [0.1, 0.15) is 0 Å². The predicted octanol–water partition coefficient (Wildman–Crippen LogP) is -0.0705. The molecular formula is C8H14N2O2. The van der Waals surface area contributed by atoms with E-state index in [1.165, 1.54) is 0 Å². The highest BCUT2D eigenvalue weighted by Gasteiger charge is 2.22. The van der Waals surface area contributed by atoms with E-state index >= 15 is 0 Å². The minimum atomic E-state index is -0.654. The molecule has 0 radical (unpaired) electrons. The summed E-state index contributed by atoms with van der Waals surface area (Å²) in [6, 6.07) is 0. The smallest absolute Gasteiger partial charge is 0.245 e. The molecule has 4 nitrogen and oxygen atoms in total. The molecule has 0 aliphatic rings. The van der Waals surface area contributed by atoms with Gasteiger partial charge in [0.15, 0.2) is 0 Å². The Labute approximate surface area is 71.6 Å². The van der Waals surface area contributed by atoms with Crippen molar-refractivity contribution in [3.05, 3.63) is 11.6 Å². The van der Waals surface area contributed by atoms with Crippen LogP contribution < -0.4 is 11.5 Å². The van der Waals surface area contributed by atoms with E-state index in [-0.39, 0.29) is 5.57 Å². The van der Waals surface area contributed by atoms with E-state index < -0.39 is 17.2 Å². The van der Waals surface area contributed by atoms with Crippen LogP contribution in [0.3, 0.4) is 0 Å². The molecule has 0 aromatic heterocycles. The molecular weight excluding hydrogens is 156 g/mol. The first-order valence-electron chi connectivity index (χ1n) is 3.56. The molecule has 12 heavy (non-hydrogen) atoms. The fourth-order valence-corrected chi connectivity index (χ4v) is 0.799. The average molecular weight is 170 g/mol. The Hall–Kier alpha value is -1.32. The van der Waals surface area contributed by atoms with Crippen molar-refractivity contribution in [2.75, 3.05) is 0 Å². The number of carbonyl (C=O) groups is 2. The van der Waals surface area contributed by atoms with Gasteiger partial charge in [0, 0.05) is 11.6 Å². The van der Waals surface area contributed by atoms with Gasteiger partial charge in [-0.2, -0.15) is 0 Å². The van der Waals surface area contributed by atoms with Crippen LogP contribution in [0.4, 0.5) is 0 Å². The second-order valence-corrected chi connectivity index (χ2v) is 3.57. The van der Waals surface area contributed by atoms with Crippen LogP contribution in [-0.4, -0.2) is 11.8 Å². The van der Waals surface area contributed by atoms with E-state index in [2.05, 4.69) is 0 Å². The molecule has 0 aliphatic carbocycles. The summed E-state index contributed by atoms with van der Waals surface area (Å²) in [6.07, 6.45) is 1.07. The molecule has 68 valence electrons. The van der Waals surface area contributed by atoms with Crippen LogP contribution in [0.2, 0.25) is 0 Å². The molecule has 0 bridgehead atoms. The lowest BCUT2D eigenvalue weighted by atomic mass is 9.85. The molecule has 4 heteroatoms. The van der Waals surface area contributed by atoms with Crippen LogP contribution in [-0.2, 0) is 9.59 Å². The van der Waals surface area contributed by atoms with Gasteiger partial charge in [0.05, 0.1) is 0 Å². The lowest BCUT2D eigenvalue weighted by Crippen LogP contribution is -2.26. The van der Waals surface area contributed by atoms with Crippen LogP contribution in [0.1, 0.15) is 20.8 Å². The maximum Gasteiger partial charge on any atom is 0.245 e. The van der Waals surface area contributed by atoms with Crippen LogP contribution in [0, 0.1) is 5.41 Å². The summed E-state index contributed by atoms with van der Waals surface area (Å²) >= 11 is 0. The third-order valence-electron chi connectivity index (χ3n) is 1.36.